The number of nitrogens with two attached hydrogens (primary N) is 1. The molecule has 1 fully saturated rings. The molecule has 0 aromatic heterocycles. The summed E-state index contributed by atoms with van der Waals surface area (Å²) in [6.07, 6.45) is 0.601. The second kappa shape index (κ2) is 6.34. The average Bonchev–Trinajstić information content (AvgIpc) is 2.45. The molecular formula is C16H21F4N. The molecule has 1 aliphatic rings. The SMILES string of the molecule is CCC1CCC(C(N)c2ccc(C(F)(F)F)c(F)c2)CC1. The fourth-order valence-electron chi connectivity index (χ4n) is 3.20. The normalized spacial score (nSPS) is 24.9. The van der Waals surface area contributed by atoms with E-state index in [0.29, 0.717) is 5.56 Å². The lowest BCUT2D eigenvalue weighted by Crippen LogP contribution is -2.26. The van der Waals surface area contributed by atoms with Crippen LogP contribution in [0, 0.1) is 17.7 Å². The van der Waals surface area contributed by atoms with E-state index < -0.39 is 17.6 Å². The van der Waals surface area contributed by atoms with Crippen molar-refractivity contribution in [3.63, 3.8) is 0 Å². The zero-order chi connectivity index (χ0) is 15.6. The van der Waals surface area contributed by atoms with Crippen molar-refractivity contribution in [2.24, 2.45) is 17.6 Å². The molecule has 0 radical (unpaired) electrons. The Labute approximate surface area is 122 Å². The second-order valence-electron chi connectivity index (χ2n) is 5.95. The molecule has 2 N–H and O–H groups in total. The van der Waals surface area contributed by atoms with Crippen LogP contribution in [0.2, 0.25) is 0 Å². The van der Waals surface area contributed by atoms with Gasteiger partial charge in [-0.1, -0.05) is 32.3 Å². The van der Waals surface area contributed by atoms with E-state index in [2.05, 4.69) is 6.92 Å². The van der Waals surface area contributed by atoms with Gasteiger partial charge < -0.3 is 5.73 Å². The third-order valence-corrected chi connectivity index (χ3v) is 4.66. The minimum absolute atomic E-state index is 0.226. The molecule has 118 valence electrons. The van der Waals surface area contributed by atoms with Crippen LogP contribution in [0.15, 0.2) is 18.2 Å². The number of hydrogen-bond donors (Lipinski definition) is 1. The first kappa shape index (κ1) is 16.3. The lowest BCUT2D eigenvalue weighted by Gasteiger charge is -2.32. The van der Waals surface area contributed by atoms with Crippen LogP contribution in [0.3, 0.4) is 0 Å². The Morgan fingerprint density at radius 2 is 1.81 bits per heavy atom. The Kier molecular flexibility index (Phi) is 4.91. The van der Waals surface area contributed by atoms with Crippen molar-refractivity contribution in [1.29, 1.82) is 0 Å². The first-order valence-corrected chi connectivity index (χ1v) is 7.45. The van der Waals surface area contributed by atoms with Gasteiger partial charge in [0.1, 0.15) is 5.82 Å². The topological polar surface area (TPSA) is 26.0 Å². The van der Waals surface area contributed by atoms with Gasteiger partial charge >= 0.3 is 6.18 Å². The molecule has 0 heterocycles. The van der Waals surface area contributed by atoms with Gasteiger partial charge in [0, 0.05) is 6.04 Å². The summed E-state index contributed by atoms with van der Waals surface area (Å²) in [5, 5.41) is 0. The first-order chi connectivity index (χ1) is 9.82. The van der Waals surface area contributed by atoms with Gasteiger partial charge in [-0.15, -0.1) is 0 Å². The molecule has 1 aromatic carbocycles. The highest BCUT2D eigenvalue weighted by molar-refractivity contribution is 5.28. The monoisotopic (exact) mass is 303 g/mol. The van der Waals surface area contributed by atoms with Crippen LogP contribution in [0.1, 0.15) is 56.2 Å². The molecule has 0 amide bonds. The van der Waals surface area contributed by atoms with E-state index in [1.54, 1.807) is 0 Å². The maximum Gasteiger partial charge on any atom is 0.419 e. The zero-order valence-electron chi connectivity index (χ0n) is 12.1. The minimum atomic E-state index is -4.66. The van der Waals surface area contributed by atoms with E-state index in [-0.39, 0.29) is 12.0 Å². The fraction of sp³-hybridized carbons (Fsp3) is 0.625. The van der Waals surface area contributed by atoms with Crippen molar-refractivity contribution in [2.75, 3.05) is 0 Å². The molecule has 1 aliphatic carbocycles. The largest absolute Gasteiger partial charge is 0.419 e. The molecule has 1 atom stereocenters. The number of halogens is 4. The molecule has 1 nitrogen and oxygen atoms in total. The van der Waals surface area contributed by atoms with Crippen molar-refractivity contribution in [3.8, 4) is 0 Å². The van der Waals surface area contributed by atoms with Crippen molar-refractivity contribution >= 4 is 0 Å². The van der Waals surface area contributed by atoms with E-state index in [1.807, 2.05) is 0 Å². The van der Waals surface area contributed by atoms with E-state index in [1.165, 1.54) is 6.07 Å². The van der Waals surface area contributed by atoms with Crippen molar-refractivity contribution in [3.05, 3.63) is 35.1 Å². The van der Waals surface area contributed by atoms with Crippen LogP contribution in [-0.4, -0.2) is 0 Å². The Morgan fingerprint density at radius 1 is 1.19 bits per heavy atom. The maximum atomic E-state index is 13.6. The molecule has 0 bridgehead atoms. The standard InChI is InChI=1S/C16H21F4N/c1-2-10-3-5-11(6-4-10)15(21)12-7-8-13(14(17)9-12)16(18,19)20/h7-11,15H,2-6,21H2,1H3. The summed E-state index contributed by atoms with van der Waals surface area (Å²) in [4.78, 5) is 0. The van der Waals surface area contributed by atoms with Gasteiger partial charge in [0.25, 0.3) is 0 Å². The van der Waals surface area contributed by atoms with Crippen LogP contribution in [0.5, 0.6) is 0 Å². The second-order valence-corrected chi connectivity index (χ2v) is 5.95. The predicted molar refractivity (Wildman–Crippen MR) is 74.1 cm³/mol. The molecule has 0 spiro atoms. The highest BCUT2D eigenvalue weighted by Gasteiger charge is 2.34. The molecule has 2 rings (SSSR count). The average molecular weight is 303 g/mol. The van der Waals surface area contributed by atoms with Gasteiger partial charge in [-0.25, -0.2) is 4.39 Å². The summed E-state index contributed by atoms with van der Waals surface area (Å²) >= 11 is 0. The lowest BCUT2D eigenvalue weighted by molar-refractivity contribution is -0.140. The molecule has 0 aliphatic heterocycles. The highest BCUT2D eigenvalue weighted by Crippen LogP contribution is 2.38. The molecule has 21 heavy (non-hydrogen) atoms. The summed E-state index contributed by atoms with van der Waals surface area (Å²) < 4.78 is 51.3. The van der Waals surface area contributed by atoms with Crippen LogP contribution in [0.25, 0.3) is 0 Å². The summed E-state index contributed by atoms with van der Waals surface area (Å²) in [6, 6.07) is 2.66. The molecule has 1 aromatic rings. The van der Waals surface area contributed by atoms with Gasteiger partial charge in [-0.05, 0) is 42.4 Å². The van der Waals surface area contributed by atoms with E-state index in [4.69, 9.17) is 5.73 Å². The minimum Gasteiger partial charge on any atom is -0.324 e. The van der Waals surface area contributed by atoms with Gasteiger partial charge in [0.2, 0.25) is 0 Å². The number of rotatable bonds is 3. The van der Waals surface area contributed by atoms with Gasteiger partial charge in [0.15, 0.2) is 0 Å². The maximum absolute atomic E-state index is 13.6. The smallest absolute Gasteiger partial charge is 0.324 e. The van der Waals surface area contributed by atoms with Crippen molar-refractivity contribution < 1.29 is 17.6 Å². The quantitative estimate of drug-likeness (QED) is 0.776. The molecule has 5 heteroatoms. The Morgan fingerprint density at radius 3 is 2.29 bits per heavy atom. The van der Waals surface area contributed by atoms with E-state index in [0.717, 1.165) is 50.2 Å². The number of hydrogen-bond acceptors (Lipinski definition) is 1. The predicted octanol–water partition coefficient (Wildman–Crippen LogP) is 5.06. The zero-order valence-corrected chi connectivity index (χ0v) is 12.1. The van der Waals surface area contributed by atoms with Crippen LogP contribution < -0.4 is 5.73 Å². The molecule has 1 unspecified atom stereocenters. The van der Waals surface area contributed by atoms with E-state index >= 15 is 0 Å². The first-order valence-electron chi connectivity index (χ1n) is 7.45. The summed E-state index contributed by atoms with van der Waals surface area (Å²) in [5.74, 6) is -0.292. The number of alkyl halides is 3. The summed E-state index contributed by atoms with van der Waals surface area (Å²) in [6.45, 7) is 2.16. The highest BCUT2D eigenvalue weighted by atomic mass is 19.4. The Hall–Kier alpha value is -1.10. The third-order valence-electron chi connectivity index (χ3n) is 4.66. The Bertz CT molecular complexity index is 476. The molecular weight excluding hydrogens is 282 g/mol. The van der Waals surface area contributed by atoms with Gasteiger partial charge in [-0.2, -0.15) is 13.2 Å². The fourth-order valence-corrected chi connectivity index (χ4v) is 3.20. The Balaban J connectivity index is 2.10. The summed E-state index contributed by atoms with van der Waals surface area (Å²) in [7, 11) is 0. The third kappa shape index (κ3) is 3.76. The molecule has 0 saturated heterocycles. The summed E-state index contributed by atoms with van der Waals surface area (Å²) in [5.41, 5.74) is 5.37. The van der Waals surface area contributed by atoms with Crippen LogP contribution >= 0.6 is 0 Å². The van der Waals surface area contributed by atoms with E-state index in [9.17, 15) is 17.6 Å². The van der Waals surface area contributed by atoms with Crippen molar-refractivity contribution in [2.45, 2.75) is 51.2 Å². The molecule has 1 saturated carbocycles. The van der Waals surface area contributed by atoms with Crippen LogP contribution in [0.4, 0.5) is 17.6 Å². The van der Waals surface area contributed by atoms with Crippen molar-refractivity contribution in [1.82, 2.24) is 0 Å². The van der Waals surface area contributed by atoms with Gasteiger partial charge in [0.05, 0.1) is 5.56 Å². The lowest BCUT2D eigenvalue weighted by atomic mass is 9.76. The number of benzene rings is 1. The van der Waals surface area contributed by atoms with Crippen LogP contribution in [-0.2, 0) is 6.18 Å². The van der Waals surface area contributed by atoms with Gasteiger partial charge in [-0.3, -0.25) is 0 Å².